The Morgan fingerprint density at radius 3 is 0.956 bits per heavy atom. The van der Waals surface area contributed by atoms with E-state index < -0.39 is 6.10 Å². The van der Waals surface area contributed by atoms with E-state index in [0.717, 1.165) is 103 Å². The van der Waals surface area contributed by atoms with Gasteiger partial charge in [0, 0.05) is 19.3 Å². The molecule has 0 aliphatic carbocycles. The molecular formula is C62H106O6. The molecule has 0 spiro atoms. The number of allylic oxidation sites excluding steroid dienone is 14. The van der Waals surface area contributed by atoms with E-state index >= 15 is 0 Å². The average molecular weight is 948 g/mol. The van der Waals surface area contributed by atoms with E-state index in [1.165, 1.54) is 128 Å². The molecule has 0 aromatic carbocycles. The van der Waals surface area contributed by atoms with Crippen LogP contribution in [0.5, 0.6) is 0 Å². The molecule has 6 heteroatoms. The highest BCUT2D eigenvalue weighted by Crippen LogP contribution is 2.15. The molecule has 0 heterocycles. The summed E-state index contributed by atoms with van der Waals surface area (Å²) in [5.41, 5.74) is 0. The van der Waals surface area contributed by atoms with E-state index in [4.69, 9.17) is 14.2 Å². The predicted molar refractivity (Wildman–Crippen MR) is 293 cm³/mol. The lowest BCUT2D eigenvalue weighted by molar-refractivity contribution is -0.167. The van der Waals surface area contributed by atoms with Crippen LogP contribution in [0.25, 0.3) is 0 Å². The summed E-state index contributed by atoms with van der Waals surface area (Å²) in [6, 6.07) is 0. The van der Waals surface area contributed by atoms with Crippen molar-refractivity contribution < 1.29 is 28.6 Å². The van der Waals surface area contributed by atoms with Crippen LogP contribution in [0.2, 0.25) is 0 Å². The zero-order chi connectivity index (χ0) is 49.3. The third kappa shape index (κ3) is 53.5. The molecule has 0 aromatic heterocycles. The summed E-state index contributed by atoms with van der Waals surface area (Å²) in [4.78, 5) is 38.1. The SMILES string of the molecule is CC/C=C\C/C=C\C/C=C\C/C=C\C/C=C\CCCCCC(=O)OCC(COC(=O)CCCCCCC/C=C\CCCCC)OC(=O)CCCCCCCCCCC/C=C\CCCCCCCC. The largest absolute Gasteiger partial charge is 0.462 e. The first-order valence-electron chi connectivity index (χ1n) is 28.6. The van der Waals surface area contributed by atoms with Crippen molar-refractivity contribution in [3.8, 4) is 0 Å². The van der Waals surface area contributed by atoms with Gasteiger partial charge in [-0.3, -0.25) is 14.4 Å². The summed E-state index contributed by atoms with van der Waals surface area (Å²) in [6.45, 7) is 6.47. The molecule has 0 N–H and O–H groups in total. The lowest BCUT2D eigenvalue weighted by Gasteiger charge is -2.18. The minimum absolute atomic E-state index is 0.0921. The Morgan fingerprint density at radius 2 is 0.574 bits per heavy atom. The van der Waals surface area contributed by atoms with Crippen molar-refractivity contribution in [2.45, 2.75) is 277 Å². The van der Waals surface area contributed by atoms with Crippen LogP contribution in [-0.4, -0.2) is 37.2 Å². The second-order valence-electron chi connectivity index (χ2n) is 18.8. The molecule has 0 bridgehead atoms. The molecule has 0 aromatic rings. The van der Waals surface area contributed by atoms with Crippen molar-refractivity contribution in [3.05, 3.63) is 85.1 Å². The van der Waals surface area contributed by atoms with E-state index in [1.807, 2.05) is 0 Å². The first kappa shape index (κ1) is 64.6. The van der Waals surface area contributed by atoms with E-state index in [-0.39, 0.29) is 31.1 Å². The van der Waals surface area contributed by atoms with Gasteiger partial charge in [-0.2, -0.15) is 0 Å². The van der Waals surface area contributed by atoms with Gasteiger partial charge in [0.1, 0.15) is 13.2 Å². The Kier molecular flexibility index (Phi) is 53.4. The number of rotatable bonds is 51. The number of carbonyl (C=O) groups excluding carboxylic acids is 3. The number of esters is 3. The molecule has 0 saturated carbocycles. The van der Waals surface area contributed by atoms with Crippen molar-refractivity contribution >= 4 is 17.9 Å². The molecule has 1 unspecified atom stereocenters. The van der Waals surface area contributed by atoms with Crippen LogP contribution in [0.1, 0.15) is 271 Å². The van der Waals surface area contributed by atoms with Gasteiger partial charge in [-0.15, -0.1) is 0 Å². The third-order valence-electron chi connectivity index (χ3n) is 12.1. The van der Waals surface area contributed by atoms with Gasteiger partial charge in [0.25, 0.3) is 0 Å². The maximum Gasteiger partial charge on any atom is 0.306 e. The van der Waals surface area contributed by atoms with Crippen LogP contribution in [0.3, 0.4) is 0 Å². The van der Waals surface area contributed by atoms with Gasteiger partial charge in [-0.05, 0) is 116 Å². The Hall–Kier alpha value is -3.41. The summed E-state index contributed by atoms with van der Waals surface area (Å²) >= 11 is 0. The highest BCUT2D eigenvalue weighted by atomic mass is 16.6. The molecule has 68 heavy (non-hydrogen) atoms. The van der Waals surface area contributed by atoms with Gasteiger partial charge in [-0.1, -0.05) is 221 Å². The Labute approximate surface area is 420 Å². The molecular weight excluding hydrogens is 841 g/mol. The van der Waals surface area contributed by atoms with Crippen LogP contribution in [-0.2, 0) is 28.6 Å². The van der Waals surface area contributed by atoms with Crippen LogP contribution in [0.4, 0.5) is 0 Å². The summed E-state index contributed by atoms with van der Waals surface area (Å²) in [7, 11) is 0. The quantitative estimate of drug-likeness (QED) is 0.0262. The Morgan fingerprint density at radius 1 is 0.309 bits per heavy atom. The van der Waals surface area contributed by atoms with Crippen LogP contribution in [0, 0.1) is 0 Å². The third-order valence-corrected chi connectivity index (χ3v) is 12.1. The topological polar surface area (TPSA) is 78.9 Å². The van der Waals surface area contributed by atoms with E-state index in [0.29, 0.717) is 19.3 Å². The molecule has 0 radical (unpaired) electrons. The molecule has 0 aliphatic rings. The maximum atomic E-state index is 12.9. The first-order valence-corrected chi connectivity index (χ1v) is 28.6. The monoisotopic (exact) mass is 947 g/mol. The van der Waals surface area contributed by atoms with Gasteiger partial charge in [0.05, 0.1) is 0 Å². The fourth-order valence-electron chi connectivity index (χ4n) is 7.81. The van der Waals surface area contributed by atoms with Crippen molar-refractivity contribution in [3.63, 3.8) is 0 Å². The molecule has 0 saturated heterocycles. The van der Waals surface area contributed by atoms with E-state index in [1.54, 1.807) is 0 Å². The molecule has 0 rings (SSSR count). The normalized spacial score (nSPS) is 12.7. The van der Waals surface area contributed by atoms with Crippen molar-refractivity contribution in [1.29, 1.82) is 0 Å². The fraction of sp³-hybridized carbons (Fsp3) is 0.726. The van der Waals surface area contributed by atoms with Gasteiger partial charge in [0.2, 0.25) is 0 Å². The van der Waals surface area contributed by atoms with Crippen molar-refractivity contribution in [1.82, 2.24) is 0 Å². The Balaban J connectivity index is 4.42. The van der Waals surface area contributed by atoms with Gasteiger partial charge in [0.15, 0.2) is 6.10 Å². The second-order valence-corrected chi connectivity index (χ2v) is 18.8. The Bertz CT molecular complexity index is 1320. The predicted octanol–water partition coefficient (Wildman–Crippen LogP) is 19.2. The minimum Gasteiger partial charge on any atom is -0.462 e. The molecule has 0 fully saturated rings. The summed E-state index contributed by atoms with van der Waals surface area (Å²) in [5.74, 6) is -0.931. The van der Waals surface area contributed by atoms with Crippen molar-refractivity contribution in [2.24, 2.45) is 0 Å². The molecule has 6 nitrogen and oxygen atoms in total. The maximum absolute atomic E-state index is 12.9. The zero-order valence-corrected chi connectivity index (χ0v) is 44.6. The number of hydrogen-bond acceptors (Lipinski definition) is 6. The number of unbranched alkanes of at least 4 members (excludes halogenated alkanes) is 26. The van der Waals surface area contributed by atoms with Gasteiger partial charge < -0.3 is 14.2 Å². The number of carbonyl (C=O) groups is 3. The number of ether oxygens (including phenoxy) is 3. The first-order chi connectivity index (χ1) is 33.5. The smallest absolute Gasteiger partial charge is 0.306 e. The molecule has 0 aliphatic heterocycles. The van der Waals surface area contributed by atoms with Gasteiger partial charge >= 0.3 is 17.9 Å². The molecule has 0 amide bonds. The van der Waals surface area contributed by atoms with E-state index in [9.17, 15) is 14.4 Å². The van der Waals surface area contributed by atoms with E-state index in [2.05, 4.69) is 106 Å². The van der Waals surface area contributed by atoms with Gasteiger partial charge in [-0.25, -0.2) is 0 Å². The van der Waals surface area contributed by atoms with Crippen LogP contribution < -0.4 is 0 Å². The highest BCUT2D eigenvalue weighted by Gasteiger charge is 2.19. The summed E-state index contributed by atoms with van der Waals surface area (Å²) in [6.07, 6.45) is 72.9. The standard InChI is InChI=1S/C62H106O6/c1-4-7-10-13-16-19-22-25-27-29-31-33-35-37-40-43-46-49-52-55-61(64)67-58-59(57-66-60(63)54-51-48-45-42-39-24-21-18-15-12-9-6-3)68-62(65)56-53-50-47-44-41-38-36-34-32-30-28-26-23-20-17-14-11-8-5-2/h7,10,16,18-19,21,25-28,31,33,37,40,59H,4-6,8-9,11-15,17,20,22-24,29-30,32,34-36,38-39,41-58H2,1-3H3/b10-7-,19-16-,21-18-,27-25-,28-26-,33-31-,40-37-. The number of hydrogen-bond donors (Lipinski definition) is 0. The average Bonchev–Trinajstić information content (AvgIpc) is 3.34. The lowest BCUT2D eigenvalue weighted by atomic mass is 10.1. The van der Waals surface area contributed by atoms with Crippen LogP contribution >= 0.6 is 0 Å². The summed E-state index contributed by atoms with van der Waals surface area (Å²) in [5, 5.41) is 0. The highest BCUT2D eigenvalue weighted by molar-refractivity contribution is 5.71. The minimum atomic E-state index is -0.795. The zero-order valence-electron chi connectivity index (χ0n) is 44.6. The van der Waals surface area contributed by atoms with Crippen LogP contribution in [0.15, 0.2) is 85.1 Å². The summed E-state index contributed by atoms with van der Waals surface area (Å²) < 4.78 is 16.8. The second kappa shape index (κ2) is 56.2. The molecule has 1 atom stereocenters. The lowest BCUT2D eigenvalue weighted by Crippen LogP contribution is -2.30. The fourth-order valence-corrected chi connectivity index (χ4v) is 7.81. The van der Waals surface area contributed by atoms with Crippen molar-refractivity contribution in [2.75, 3.05) is 13.2 Å². The molecule has 390 valence electrons.